The van der Waals surface area contributed by atoms with Gasteiger partial charge in [-0.15, -0.1) is 0 Å². The lowest BCUT2D eigenvalue weighted by Gasteiger charge is -2.16. The molecule has 0 saturated carbocycles. The highest BCUT2D eigenvalue weighted by molar-refractivity contribution is 6.18. The third kappa shape index (κ3) is 4.06. The molecule has 4 amide bonds. The SMILES string of the molecule is O=C1NC(=O)C(/N=N/c2ccc3nc(-c4ccccn4)n(Cc4ccccn4)c3c2)C(=O)N1. The Hall–Kier alpha value is -4.80. The molecule has 1 aromatic carbocycles. The maximum Gasteiger partial charge on any atom is 0.328 e. The van der Waals surface area contributed by atoms with Crippen LogP contribution in [0.2, 0.25) is 0 Å². The summed E-state index contributed by atoms with van der Waals surface area (Å²) in [6, 6.07) is 14.1. The summed E-state index contributed by atoms with van der Waals surface area (Å²) < 4.78 is 1.97. The molecule has 3 aromatic heterocycles. The molecule has 0 aliphatic carbocycles. The van der Waals surface area contributed by atoms with E-state index in [0.717, 1.165) is 11.2 Å². The van der Waals surface area contributed by atoms with Gasteiger partial charge in [0.1, 0.15) is 5.69 Å². The summed E-state index contributed by atoms with van der Waals surface area (Å²) in [5.41, 5.74) is 3.42. The molecule has 162 valence electrons. The van der Waals surface area contributed by atoms with Crippen LogP contribution in [0.4, 0.5) is 10.5 Å². The van der Waals surface area contributed by atoms with Crippen molar-refractivity contribution < 1.29 is 14.4 Å². The van der Waals surface area contributed by atoms with E-state index in [0.29, 0.717) is 29.3 Å². The van der Waals surface area contributed by atoms with Gasteiger partial charge in [-0.25, -0.2) is 9.78 Å². The number of fused-ring (bicyclic) bond motifs is 1. The van der Waals surface area contributed by atoms with Gasteiger partial charge in [-0.3, -0.25) is 30.2 Å². The molecule has 0 radical (unpaired) electrons. The number of hydrogen-bond donors (Lipinski definition) is 2. The fourth-order valence-electron chi connectivity index (χ4n) is 3.42. The smallest absolute Gasteiger partial charge is 0.317 e. The highest BCUT2D eigenvalue weighted by Crippen LogP contribution is 2.28. The molecule has 0 spiro atoms. The number of barbiturate groups is 1. The molecule has 4 heterocycles. The van der Waals surface area contributed by atoms with E-state index < -0.39 is 23.9 Å². The quantitative estimate of drug-likeness (QED) is 0.360. The number of hydrogen-bond acceptors (Lipinski definition) is 8. The highest BCUT2D eigenvalue weighted by atomic mass is 16.2. The summed E-state index contributed by atoms with van der Waals surface area (Å²) in [5, 5.41) is 11.9. The van der Waals surface area contributed by atoms with Crippen molar-refractivity contribution in [1.29, 1.82) is 0 Å². The fraction of sp³-hybridized carbons (Fsp3) is 0.0909. The number of nitrogens with one attached hydrogen (secondary N) is 2. The number of urea groups is 1. The summed E-state index contributed by atoms with van der Waals surface area (Å²) in [6.07, 6.45) is 3.42. The Morgan fingerprint density at radius 3 is 2.36 bits per heavy atom. The molecule has 1 saturated heterocycles. The molecular formula is C22H16N8O3. The first-order valence-electron chi connectivity index (χ1n) is 9.96. The molecule has 1 fully saturated rings. The van der Waals surface area contributed by atoms with E-state index in [4.69, 9.17) is 4.98 Å². The fourth-order valence-corrected chi connectivity index (χ4v) is 3.42. The summed E-state index contributed by atoms with van der Waals surface area (Å²) in [7, 11) is 0. The Morgan fingerprint density at radius 1 is 0.909 bits per heavy atom. The second-order valence-corrected chi connectivity index (χ2v) is 7.16. The third-order valence-electron chi connectivity index (χ3n) is 4.93. The van der Waals surface area contributed by atoms with Gasteiger partial charge >= 0.3 is 6.03 Å². The van der Waals surface area contributed by atoms with Gasteiger partial charge in [0.15, 0.2) is 5.82 Å². The number of nitrogens with zero attached hydrogens (tertiary/aromatic N) is 6. The van der Waals surface area contributed by atoms with Crippen LogP contribution < -0.4 is 10.6 Å². The number of azo groups is 1. The highest BCUT2D eigenvalue weighted by Gasteiger charge is 2.34. The van der Waals surface area contributed by atoms with Gasteiger partial charge in [-0.2, -0.15) is 10.2 Å². The Morgan fingerprint density at radius 2 is 1.67 bits per heavy atom. The van der Waals surface area contributed by atoms with Crippen LogP contribution >= 0.6 is 0 Å². The summed E-state index contributed by atoms with van der Waals surface area (Å²) in [5.74, 6) is -0.993. The van der Waals surface area contributed by atoms with E-state index in [9.17, 15) is 14.4 Å². The minimum atomic E-state index is -1.44. The van der Waals surface area contributed by atoms with Gasteiger partial charge in [0.25, 0.3) is 11.8 Å². The molecule has 5 rings (SSSR count). The lowest BCUT2D eigenvalue weighted by molar-refractivity contribution is -0.131. The predicted molar refractivity (Wildman–Crippen MR) is 116 cm³/mol. The van der Waals surface area contributed by atoms with Crippen molar-refractivity contribution in [2.75, 3.05) is 0 Å². The van der Waals surface area contributed by atoms with Crippen molar-refractivity contribution in [3.8, 4) is 11.5 Å². The van der Waals surface area contributed by atoms with Crippen molar-refractivity contribution in [3.63, 3.8) is 0 Å². The molecule has 0 unspecified atom stereocenters. The maximum absolute atomic E-state index is 11.9. The average Bonchev–Trinajstić information content (AvgIpc) is 3.17. The van der Waals surface area contributed by atoms with E-state index in [1.54, 1.807) is 30.6 Å². The first-order valence-corrected chi connectivity index (χ1v) is 9.96. The molecule has 0 atom stereocenters. The first kappa shape index (κ1) is 20.1. The molecule has 1 aliphatic heterocycles. The van der Waals surface area contributed by atoms with Gasteiger partial charge in [0.05, 0.1) is 29.0 Å². The van der Waals surface area contributed by atoms with E-state index in [-0.39, 0.29) is 0 Å². The summed E-state index contributed by atoms with van der Waals surface area (Å²) >= 11 is 0. The Balaban J connectivity index is 1.55. The minimum absolute atomic E-state index is 0.412. The van der Waals surface area contributed by atoms with Gasteiger partial charge < -0.3 is 4.57 Å². The number of imide groups is 2. The van der Waals surface area contributed by atoms with E-state index in [2.05, 4.69) is 20.2 Å². The van der Waals surface area contributed by atoms with Crippen LogP contribution in [-0.4, -0.2) is 43.4 Å². The molecule has 11 nitrogen and oxygen atoms in total. The van der Waals surface area contributed by atoms with Crippen LogP contribution in [0.1, 0.15) is 5.69 Å². The topological polar surface area (TPSA) is 144 Å². The first-order chi connectivity index (χ1) is 16.1. The second kappa shape index (κ2) is 8.38. The van der Waals surface area contributed by atoms with Crippen molar-refractivity contribution >= 4 is 34.6 Å². The number of benzene rings is 1. The van der Waals surface area contributed by atoms with Crippen LogP contribution in [0.15, 0.2) is 77.2 Å². The van der Waals surface area contributed by atoms with Crippen LogP contribution in [0.25, 0.3) is 22.6 Å². The number of carbonyl (C=O) groups is 3. The zero-order valence-electron chi connectivity index (χ0n) is 17.0. The maximum atomic E-state index is 11.9. The monoisotopic (exact) mass is 440 g/mol. The Labute approximate surface area is 186 Å². The molecule has 4 aromatic rings. The second-order valence-electron chi connectivity index (χ2n) is 7.16. The Bertz CT molecular complexity index is 1380. The van der Waals surface area contributed by atoms with Crippen LogP contribution in [-0.2, 0) is 16.1 Å². The van der Waals surface area contributed by atoms with Crippen molar-refractivity contribution in [2.24, 2.45) is 10.2 Å². The van der Waals surface area contributed by atoms with Gasteiger partial charge in [0.2, 0.25) is 6.04 Å². The summed E-state index contributed by atoms with van der Waals surface area (Å²) in [6.45, 7) is 0.444. The van der Waals surface area contributed by atoms with Gasteiger partial charge in [-0.1, -0.05) is 12.1 Å². The van der Waals surface area contributed by atoms with Crippen LogP contribution in [0, 0.1) is 0 Å². The molecule has 2 N–H and O–H groups in total. The average molecular weight is 440 g/mol. The molecule has 0 bridgehead atoms. The normalized spacial score (nSPS) is 14.6. The number of amides is 4. The number of pyridine rings is 2. The molecular weight excluding hydrogens is 424 g/mol. The van der Waals surface area contributed by atoms with E-state index >= 15 is 0 Å². The number of rotatable bonds is 5. The zero-order chi connectivity index (χ0) is 22.8. The van der Waals surface area contributed by atoms with Gasteiger partial charge in [0, 0.05) is 12.4 Å². The Kier molecular flexibility index (Phi) is 5.11. The largest absolute Gasteiger partial charge is 0.328 e. The third-order valence-corrected chi connectivity index (χ3v) is 4.93. The zero-order valence-corrected chi connectivity index (χ0v) is 17.0. The van der Waals surface area contributed by atoms with E-state index in [1.807, 2.05) is 51.6 Å². The van der Waals surface area contributed by atoms with Crippen molar-refractivity contribution in [2.45, 2.75) is 12.6 Å². The van der Waals surface area contributed by atoms with Crippen LogP contribution in [0.5, 0.6) is 0 Å². The number of carbonyl (C=O) groups excluding carboxylic acids is 3. The molecule has 33 heavy (non-hydrogen) atoms. The predicted octanol–water partition coefficient (Wildman–Crippen LogP) is 2.36. The lowest BCUT2D eigenvalue weighted by atomic mass is 10.2. The number of aromatic nitrogens is 4. The molecule has 11 heteroatoms. The summed E-state index contributed by atoms with van der Waals surface area (Å²) in [4.78, 5) is 48.6. The van der Waals surface area contributed by atoms with Crippen molar-refractivity contribution in [1.82, 2.24) is 30.2 Å². The lowest BCUT2D eigenvalue weighted by Crippen LogP contribution is -2.57. The van der Waals surface area contributed by atoms with E-state index in [1.165, 1.54) is 0 Å². The molecule has 1 aliphatic rings. The minimum Gasteiger partial charge on any atom is -0.317 e. The van der Waals surface area contributed by atoms with Crippen molar-refractivity contribution in [3.05, 3.63) is 72.7 Å². The van der Waals surface area contributed by atoms with Gasteiger partial charge in [-0.05, 0) is 42.5 Å². The number of imidazole rings is 1. The van der Waals surface area contributed by atoms with Crippen LogP contribution in [0.3, 0.4) is 0 Å². The standard InChI is InChI=1S/C22H16N8O3/c31-20-18(21(32)27-22(33)26-20)29-28-13-7-8-15-17(11-13)30(12-14-5-1-3-9-23-14)19(25-15)16-6-2-4-10-24-16/h1-11,18H,12H2,(H2,26,27,31,32,33)/b29-28+.